The number of phenolic OH excluding ortho intramolecular Hbond substituents is 2. The molecule has 0 spiro atoms. The average molecular weight is 292 g/mol. The number of carbonyl (C=O) groups is 1. The van der Waals surface area contributed by atoms with E-state index in [4.69, 9.17) is 11.6 Å². The summed E-state index contributed by atoms with van der Waals surface area (Å²) in [7, 11) is 0. The molecule has 104 valence electrons. The third-order valence-electron chi connectivity index (χ3n) is 2.99. The maximum absolute atomic E-state index is 12.1. The highest BCUT2D eigenvalue weighted by atomic mass is 35.5. The van der Waals surface area contributed by atoms with Gasteiger partial charge in [-0.2, -0.15) is 0 Å². The van der Waals surface area contributed by atoms with Crippen LogP contribution in [0, 0.1) is 13.8 Å². The Hall–Kier alpha value is -2.20. The minimum Gasteiger partial charge on any atom is -0.508 e. The number of aromatic hydroxyl groups is 2. The molecule has 0 bridgehead atoms. The van der Waals surface area contributed by atoms with Gasteiger partial charge in [-0.15, -0.1) is 0 Å². The zero-order valence-electron chi connectivity index (χ0n) is 11.1. The summed E-state index contributed by atoms with van der Waals surface area (Å²) in [5.41, 5.74) is 2.05. The fourth-order valence-electron chi connectivity index (χ4n) is 1.82. The molecule has 5 heteroatoms. The molecular formula is C15H14ClNO3. The number of rotatable bonds is 2. The van der Waals surface area contributed by atoms with Gasteiger partial charge in [0.05, 0.1) is 5.56 Å². The van der Waals surface area contributed by atoms with Gasteiger partial charge in [0.1, 0.15) is 11.5 Å². The van der Waals surface area contributed by atoms with Crippen LogP contribution in [0.15, 0.2) is 30.3 Å². The van der Waals surface area contributed by atoms with Crippen LogP contribution in [0.25, 0.3) is 0 Å². The van der Waals surface area contributed by atoms with Crippen molar-refractivity contribution >= 4 is 23.2 Å². The van der Waals surface area contributed by atoms with E-state index in [2.05, 4.69) is 5.32 Å². The molecule has 4 nitrogen and oxygen atoms in total. The number of hydrogen-bond donors (Lipinski definition) is 3. The van der Waals surface area contributed by atoms with E-state index in [0.717, 1.165) is 5.56 Å². The molecule has 3 N–H and O–H groups in total. The van der Waals surface area contributed by atoms with Gasteiger partial charge < -0.3 is 15.5 Å². The lowest BCUT2D eigenvalue weighted by molar-refractivity contribution is 0.102. The Morgan fingerprint density at radius 1 is 1.05 bits per heavy atom. The molecule has 0 saturated heterocycles. The van der Waals surface area contributed by atoms with E-state index in [-0.39, 0.29) is 17.1 Å². The second-order valence-electron chi connectivity index (χ2n) is 4.57. The van der Waals surface area contributed by atoms with Crippen LogP contribution in [-0.4, -0.2) is 16.1 Å². The highest BCUT2D eigenvalue weighted by Gasteiger charge is 2.13. The number of amides is 1. The minimum atomic E-state index is -0.460. The van der Waals surface area contributed by atoms with E-state index < -0.39 is 5.91 Å². The van der Waals surface area contributed by atoms with Crippen LogP contribution in [0.2, 0.25) is 5.02 Å². The summed E-state index contributed by atoms with van der Waals surface area (Å²) < 4.78 is 0. The Bertz CT molecular complexity index is 683. The number of aryl methyl sites for hydroxylation is 2. The highest BCUT2D eigenvalue weighted by molar-refractivity contribution is 6.31. The summed E-state index contributed by atoms with van der Waals surface area (Å²) in [6.07, 6.45) is 0. The van der Waals surface area contributed by atoms with E-state index >= 15 is 0 Å². The average Bonchev–Trinajstić information content (AvgIpc) is 2.38. The van der Waals surface area contributed by atoms with Crippen molar-refractivity contribution in [1.29, 1.82) is 0 Å². The Kier molecular flexibility index (Phi) is 3.86. The molecule has 2 aromatic rings. The molecule has 0 radical (unpaired) electrons. The zero-order valence-corrected chi connectivity index (χ0v) is 11.8. The number of benzene rings is 2. The third kappa shape index (κ3) is 2.86. The first-order valence-corrected chi connectivity index (χ1v) is 6.36. The predicted octanol–water partition coefficient (Wildman–Crippen LogP) is 3.62. The minimum absolute atomic E-state index is 0.0997. The molecular weight excluding hydrogens is 278 g/mol. The van der Waals surface area contributed by atoms with Crippen molar-refractivity contribution in [3.8, 4) is 11.5 Å². The lowest BCUT2D eigenvalue weighted by Gasteiger charge is -2.11. The van der Waals surface area contributed by atoms with E-state index in [1.807, 2.05) is 0 Å². The second-order valence-corrected chi connectivity index (χ2v) is 5.01. The predicted molar refractivity (Wildman–Crippen MR) is 78.7 cm³/mol. The molecule has 2 aromatic carbocycles. The van der Waals surface area contributed by atoms with E-state index in [9.17, 15) is 15.0 Å². The summed E-state index contributed by atoms with van der Waals surface area (Å²) in [5.74, 6) is -0.427. The Labute approximate surface area is 121 Å². The highest BCUT2D eigenvalue weighted by Crippen LogP contribution is 2.27. The summed E-state index contributed by atoms with van der Waals surface area (Å²) in [4.78, 5) is 12.1. The van der Waals surface area contributed by atoms with Gasteiger partial charge in [-0.25, -0.2) is 0 Å². The van der Waals surface area contributed by atoms with E-state index in [0.29, 0.717) is 16.3 Å². The molecule has 0 unspecified atom stereocenters. The van der Waals surface area contributed by atoms with Gasteiger partial charge in [-0.1, -0.05) is 11.6 Å². The Morgan fingerprint density at radius 3 is 2.45 bits per heavy atom. The first kappa shape index (κ1) is 14.2. The van der Waals surface area contributed by atoms with E-state index in [1.165, 1.54) is 18.2 Å². The molecule has 0 heterocycles. The molecule has 0 aliphatic carbocycles. The van der Waals surface area contributed by atoms with Crippen molar-refractivity contribution in [3.05, 3.63) is 52.0 Å². The topological polar surface area (TPSA) is 69.6 Å². The van der Waals surface area contributed by atoms with Crippen LogP contribution in [0.5, 0.6) is 11.5 Å². The largest absolute Gasteiger partial charge is 0.508 e. The van der Waals surface area contributed by atoms with Crippen molar-refractivity contribution in [1.82, 2.24) is 0 Å². The number of carbonyl (C=O) groups excluding carboxylic acids is 1. The van der Waals surface area contributed by atoms with Crippen LogP contribution in [0.1, 0.15) is 21.5 Å². The maximum atomic E-state index is 12.1. The zero-order chi connectivity index (χ0) is 14.9. The number of nitrogens with one attached hydrogen (secondary N) is 1. The quantitative estimate of drug-likeness (QED) is 0.740. The van der Waals surface area contributed by atoms with Crippen molar-refractivity contribution in [2.24, 2.45) is 0 Å². The standard InChI is InChI=1S/C15H14ClNO3/c1-8-6-14(19)9(2)5-12(8)17-15(20)11-7-10(16)3-4-13(11)18/h3-7,18-19H,1-2H3,(H,17,20). The smallest absolute Gasteiger partial charge is 0.259 e. The number of halogens is 1. The molecule has 0 fully saturated rings. The van der Waals surface area contributed by atoms with Gasteiger partial charge in [-0.05, 0) is 55.3 Å². The van der Waals surface area contributed by atoms with Crippen molar-refractivity contribution in [2.45, 2.75) is 13.8 Å². The van der Waals surface area contributed by atoms with Gasteiger partial charge in [0, 0.05) is 10.7 Å². The van der Waals surface area contributed by atoms with Gasteiger partial charge in [-0.3, -0.25) is 4.79 Å². The normalized spacial score (nSPS) is 10.3. The summed E-state index contributed by atoms with van der Waals surface area (Å²) in [6.45, 7) is 3.51. The summed E-state index contributed by atoms with van der Waals surface area (Å²) >= 11 is 5.82. The summed E-state index contributed by atoms with van der Waals surface area (Å²) in [5, 5.41) is 22.3. The van der Waals surface area contributed by atoms with Crippen molar-refractivity contribution < 1.29 is 15.0 Å². The lowest BCUT2D eigenvalue weighted by atomic mass is 10.1. The molecule has 1 amide bonds. The first-order valence-electron chi connectivity index (χ1n) is 5.98. The van der Waals surface area contributed by atoms with Gasteiger partial charge in [0.15, 0.2) is 0 Å². The Morgan fingerprint density at radius 2 is 1.75 bits per heavy atom. The monoisotopic (exact) mass is 291 g/mol. The van der Waals surface area contributed by atoms with Crippen LogP contribution in [0.3, 0.4) is 0 Å². The van der Waals surface area contributed by atoms with Gasteiger partial charge >= 0.3 is 0 Å². The molecule has 0 aromatic heterocycles. The fourth-order valence-corrected chi connectivity index (χ4v) is 1.99. The van der Waals surface area contributed by atoms with Crippen molar-refractivity contribution in [3.63, 3.8) is 0 Å². The molecule has 0 aliphatic rings. The number of hydrogen-bond acceptors (Lipinski definition) is 3. The summed E-state index contributed by atoms with van der Waals surface area (Å²) in [6, 6.07) is 7.51. The Balaban J connectivity index is 2.32. The van der Waals surface area contributed by atoms with Crippen LogP contribution >= 0.6 is 11.6 Å². The fraction of sp³-hybridized carbons (Fsp3) is 0.133. The lowest BCUT2D eigenvalue weighted by Crippen LogP contribution is -2.13. The number of anilines is 1. The molecule has 0 aliphatic heterocycles. The number of phenols is 2. The maximum Gasteiger partial charge on any atom is 0.259 e. The molecule has 0 saturated carbocycles. The first-order chi connectivity index (χ1) is 9.38. The van der Waals surface area contributed by atoms with Crippen LogP contribution in [0.4, 0.5) is 5.69 Å². The SMILES string of the molecule is Cc1cc(NC(=O)c2cc(Cl)ccc2O)c(C)cc1O. The van der Waals surface area contributed by atoms with Gasteiger partial charge in [0.25, 0.3) is 5.91 Å². The van der Waals surface area contributed by atoms with Crippen molar-refractivity contribution in [2.75, 3.05) is 5.32 Å². The molecule has 20 heavy (non-hydrogen) atoms. The van der Waals surface area contributed by atoms with Crippen LogP contribution < -0.4 is 5.32 Å². The molecule has 2 rings (SSSR count). The third-order valence-corrected chi connectivity index (χ3v) is 3.23. The van der Waals surface area contributed by atoms with Crippen LogP contribution in [-0.2, 0) is 0 Å². The van der Waals surface area contributed by atoms with Gasteiger partial charge in [0.2, 0.25) is 0 Å². The molecule has 0 atom stereocenters. The second kappa shape index (κ2) is 5.43. The van der Waals surface area contributed by atoms with E-state index in [1.54, 1.807) is 26.0 Å².